The van der Waals surface area contributed by atoms with Crippen molar-refractivity contribution in [2.75, 3.05) is 0 Å². The zero-order valence-electron chi connectivity index (χ0n) is 13.2. The van der Waals surface area contributed by atoms with Gasteiger partial charge in [-0.25, -0.2) is 13.1 Å². The molecule has 0 aliphatic heterocycles. The third-order valence-electron chi connectivity index (χ3n) is 3.59. The molecule has 0 saturated carbocycles. The molecule has 6 nitrogen and oxygen atoms in total. The van der Waals surface area contributed by atoms with Gasteiger partial charge in [-0.05, 0) is 40.7 Å². The van der Waals surface area contributed by atoms with Crippen LogP contribution in [0.15, 0.2) is 15.4 Å². The number of hydrogen-bond acceptors (Lipinski definition) is 4. The third-order valence-corrected chi connectivity index (χ3v) is 5.38. The Morgan fingerprint density at radius 1 is 1.29 bits per heavy atom. The van der Waals surface area contributed by atoms with Gasteiger partial charge in [-0.1, -0.05) is 0 Å². The van der Waals surface area contributed by atoms with Crippen LogP contribution in [0.2, 0.25) is 0 Å². The number of aryl methyl sites for hydroxylation is 4. The molecule has 0 fully saturated rings. The Balaban J connectivity index is 2.35. The standard InChI is InChI=1S/C14H21N3O3S/c1-8-7-13(12(5)20-8)9(2)16-21(18,19)14-10(3)15-17(6)11(14)4/h7,9,16H,1-6H3. The lowest BCUT2D eigenvalue weighted by molar-refractivity contribution is 0.496. The number of aromatic nitrogens is 2. The Morgan fingerprint density at radius 3 is 2.33 bits per heavy atom. The molecule has 0 saturated heterocycles. The lowest BCUT2D eigenvalue weighted by Crippen LogP contribution is -2.28. The summed E-state index contributed by atoms with van der Waals surface area (Å²) in [6, 6.07) is 1.48. The molecule has 0 aliphatic carbocycles. The zero-order chi connectivity index (χ0) is 15.9. The van der Waals surface area contributed by atoms with E-state index in [4.69, 9.17) is 4.42 Å². The molecule has 21 heavy (non-hydrogen) atoms. The maximum absolute atomic E-state index is 12.6. The van der Waals surface area contributed by atoms with Gasteiger partial charge in [0.05, 0.1) is 11.4 Å². The van der Waals surface area contributed by atoms with Gasteiger partial charge in [-0.15, -0.1) is 0 Å². The summed E-state index contributed by atoms with van der Waals surface area (Å²) in [4.78, 5) is 0.245. The van der Waals surface area contributed by atoms with Crippen LogP contribution in [0.1, 0.15) is 41.4 Å². The van der Waals surface area contributed by atoms with Crippen molar-refractivity contribution in [3.8, 4) is 0 Å². The molecule has 0 spiro atoms. The van der Waals surface area contributed by atoms with Gasteiger partial charge in [0, 0.05) is 18.7 Å². The molecule has 0 aromatic carbocycles. The monoisotopic (exact) mass is 311 g/mol. The second-order valence-corrected chi connectivity index (χ2v) is 6.99. The second-order valence-electron chi connectivity index (χ2n) is 5.34. The van der Waals surface area contributed by atoms with Gasteiger partial charge >= 0.3 is 0 Å². The van der Waals surface area contributed by atoms with E-state index in [9.17, 15) is 8.42 Å². The van der Waals surface area contributed by atoms with Crippen LogP contribution in [0.4, 0.5) is 0 Å². The maximum Gasteiger partial charge on any atom is 0.244 e. The predicted octanol–water partition coefficient (Wildman–Crippen LogP) is 2.29. The quantitative estimate of drug-likeness (QED) is 0.939. The highest BCUT2D eigenvalue weighted by molar-refractivity contribution is 7.89. The zero-order valence-corrected chi connectivity index (χ0v) is 14.0. The first kappa shape index (κ1) is 15.8. The van der Waals surface area contributed by atoms with Gasteiger partial charge in [0.15, 0.2) is 0 Å². The molecule has 1 unspecified atom stereocenters. The Morgan fingerprint density at radius 2 is 1.90 bits per heavy atom. The molecule has 2 aromatic heterocycles. The van der Waals surface area contributed by atoms with Crippen LogP contribution in [-0.2, 0) is 17.1 Å². The fourth-order valence-corrected chi connectivity index (χ4v) is 4.24. The molecule has 2 heterocycles. The third kappa shape index (κ3) is 2.89. The van der Waals surface area contributed by atoms with Crippen molar-refractivity contribution in [3.05, 3.63) is 34.5 Å². The molecule has 7 heteroatoms. The number of rotatable bonds is 4. The van der Waals surface area contributed by atoms with Gasteiger partial charge in [0.2, 0.25) is 10.0 Å². The summed E-state index contributed by atoms with van der Waals surface area (Å²) in [6.45, 7) is 8.91. The Labute approximate surface area is 125 Å². The van der Waals surface area contributed by atoms with Gasteiger partial charge in [0.1, 0.15) is 16.4 Å². The predicted molar refractivity (Wildman–Crippen MR) is 79.6 cm³/mol. The molecule has 2 aromatic rings. The molecule has 2 rings (SSSR count). The molecule has 0 amide bonds. The lowest BCUT2D eigenvalue weighted by atomic mass is 10.1. The molecule has 0 bridgehead atoms. The second kappa shape index (κ2) is 5.31. The van der Waals surface area contributed by atoms with Crippen molar-refractivity contribution in [1.29, 1.82) is 0 Å². The summed E-state index contributed by atoms with van der Waals surface area (Å²) in [5.74, 6) is 1.49. The highest BCUT2D eigenvalue weighted by Gasteiger charge is 2.26. The lowest BCUT2D eigenvalue weighted by Gasteiger charge is -2.14. The molecule has 0 radical (unpaired) electrons. The summed E-state index contributed by atoms with van der Waals surface area (Å²) >= 11 is 0. The molecule has 116 valence electrons. The van der Waals surface area contributed by atoms with E-state index in [0.29, 0.717) is 11.4 Å². The van der Waals surface area contributed by atoms with Crippen LogP contribution in [0.3, 0.4) is 0 Å². The summed E-state index contributed by atoms with van der Waals surface area (Å²) in [5, 5.41) is 4.16. The van der Waals surface area contributed by atoms with Crippen LogP contribution in [0, 0.1) is 27.7 Å². The van der Waals surface area contributed by atoms with E-state index in [1.54, 1.807) is 32.5 Å². The van der Waals surface area contributed by atoms with Crippen molar-refractivity contribution in [3.63, 3.8) is 0 Å². The normalized spacial score (nSPS) is 13.6. The van der Waals surface area contributed by atoms with E-state index in [1.807, 2.05) is 19.9 Å². The van der Waals surface area contributed by atoms with Crippen molar-refractivity contribution < 1.29 is 12.8 Å². The first-order chi connectivity index (χ1) is 9.63. The number of hydrogen-bond donors (Lipinski definition) is 1. The van der Waals surface area contributed by atoms with Gasteiger partial charge < -0.3 is 4.42 Å². The molecule has 1 N–H and O–H groups in total. The molecular weight excluding hydrogens is 290 g/mol. The number of nitrogens with zero attached hydrogens (tertiary/aromatic N) is 2. The fraction of sp³-hybridized carbons (Fsp3) is 0.500. The van der Waals surface area contributed by atoms with E-state index in [-0.39, 0.29) is 10.9 Å². The smallest absolute Gasteiger partial charge is 0.244 e. The average molecular weight is 311 g/mol. The first-order valence-corrected chi connectivity index (χ1v) is 8.21. The SMILES string of the molecule is Cc1cc(C(C)NS(=O)(=O)c2c(C)nn(C)c2C)c(C)o1. The largest absolute Gasteiger partial charge is 0.466 e. The van der Waals surface area contributed by atoms with Gasteiger partial charge in [-0.2, -0.15) is 5.10 Å². The van der Waals surface area contributed by atoms with Crippen LogP contribution >= 0.6 is 0 Å². The van der Waals surface area contributed by atoms with Crippen LogP contribution in [0.25, 0.3) is 0 Å². The number of furan rings is 1. The van der Waals surface area contributed by atoms with Gasteiger partial charge in [0.25, 0.3) is 0 Å². The van der Waals surface area contributed by atoms with Gasteiger partial charge in [-0.3, -0.25) is 4.68 Å². The molecule has 1 atom stereocenters. The fourth-order valence-electron chi connectivity index (χ4n) is 2.58. The summed E-state index contributed by atoms with van der Waals surface area (Å²) in [5.41, 5.74) is 1.96. The highest BCUT2D eigenvalue weighted by atomic mass is 32.2. The van der Waals surface area contributed by atoms with Crippen molar-refractivity contribution in [2.24, 2.45) is 7.05 Å². The van der Waals surface area contributed by atoms with Crippen molar-refractivity contribution in [1.82, 2.24) is 14.5 Å². The number of sulfonamides is 1. The Hall–Kier alpha value is -1.60. The summed E-state index contributed by atoms with van der Waals surface area (Å²) in [7, 11) is -1.90. The minimum absolute atomic E-state index is 0.245. The molecular formula is C14H21N3O3S. The van der Waals surface area contributed by atoms with Crippen LogP contribution in [0.5, 0.6) is 0 Å². The topological polar surface area (TPSA) is 77.1 Å². The van der Waals surface area contributed by atoms with Crippen molar-refractivity contribution >= 4 is 10.0 Å². The van der Waals surface area contributed by atoms with E-state index >= 15 is 0 Å². The minimum atomic E-state index is -3.63. The van der Waals surface area contributed by atoms with E-state index in [0.717, 1.165) is 17.1 Å². The number of nitrogens with one attached hydrogen (secondary N) is 1. The summed E-state index contributed by atoms with van der Waals surface area (Å²) < 4.78 is 34.9. The van der Waals surface area contributed by atoms with E-state index < -0.39 is 10.0 Å². The minimum Gasteiger partial charge on any atom is -0.466 e. The maximum atomic E-state index is 12.6. The Kier molecular flexibility index (Phi) is 3.99. The van der Waals surface area contributed by atoms with Crippen molar-refractivity contribution in [2.45, 2.75) is 45.6 Å². The summed E-state index contributed by atoms with van der Waals surface area (Å²) in [6.07, 6.45) is 0. The van der Waals surface area contributed by atoms with Crippen LogP contribution in [-0.4, -0.2) is 18.2 Å². The van der Waals surface area contributed by atoms with E-state index in [1.165, 1.54) is 0 Å². The van der Waals surface area contributed by atoms with E-state index in [2.05, 4.69) is 9.82 Å². The average Bonchev–Trinajstić information content (AvgIpc) is 2.79. The molecule has 0 aliphatic rings. The first-order valence-electron chi connectivity index (χ1n) is 6.73. The highest BCUT2D eigenvalue weighted by Crippen LogP contribution is 2.25. The Bertz CT molecular complexity index is 772. The van der Waals surface area contributed by atoms with Crippen LogP contribution < -0.4 is 4.72 Å².